The van der Waals surface area contributed by atoms with Crippen LogP contribution in [0.15, 0.2) is 29.1 Å². The van der Waals surface area contributed by atoms with E-state index >= 15 is 0 Å². The van der Waals surface area contributed by atoms with Gasteiger partial charge in [0.2, 0.25) is 5.88 Å². The number of benzene rings is 1. The summed E-state index contributed by atoms with van der Waals surface area (Å²) in [5, 5.41) is 20.1. The fourth-order valence-electron chi connectivity index (χ4n) is 2.88. The van der Waals surface area contributed by atoms with E-state index in [-0.39, 0.29) is 34.9 Å². The molecule has 7 heteroatoms. The summed E-state index contributed by atoms with van der Waals surface area (Å²) >= 11 is 0. The topological polar surface area (TPSA) is 102 Å². The minimum atomic E-state index is -0.621. The summed E-state index contributed by atoms with van der Waals surface area (Å²) in [6, 6.07) is 8.33. The van der Waals surface area contributed by atoms with Crippen LogP contribution in [0, 0.1) is 18.3 Å². The predicted octanol–water partition coefficient (Wildman–Crippen LogP) is 2.79. The first kappa shape index (κ1) is 21.2. The molecule has 0 saturated heterocycles. The standard InChI is InChI=1S/C21H24N2O5/c1-13(2)28-10-6-9-23-20(25)17(12-22)14(3)18(21(23)26)19(24)15-7-5-8-16(11-15)27-4/h5,7-8,11,13,26H,6,9-10H2,1-4H3. The van der Waals surface area contributed by atoms with Gasteiger partial charge in [-0.25, -0.2) is 0 Å². The molecule has 148 valence electrons. The van der Waals surface area contributed by atoms with Gasteiger partial charge >= 0.3 is 0 Å². The Kier molecular flexibility index (Phi) is 6.96. The zero-order chi connectivity index (χ0) is 20.8. The molecule has 7 nitrogen and oxygen atoms in total. The van der Waals surface area contributed by atoms with Gasteiger partial charge in [-0.2, -0.15) is 5.26 Å². The van der Waals surface area contributed by atoms with Crippen LogP contribution in [0.3, 0.4) is 0 Å². The highest BCUT2D eigenvalue weighted by Gasteiger charge is 2.25. The number of methoxy groups -OCH3 is 1. The molecule has 0 aliphatic carbocycles. The summed E-state index contributed by atoms with van der Waals surface area (Å²) in [4.78, 5) is 25.6. The molecule has 1 aromatic heterocycles. The smallest absolute Gasteiger partial charge is 0.271 e. The minimum absolute atomic E-state index is 0.0446. The molecule has 0 spiro atoms. The van der Waals surface area contributed by atoms with E-state index in [0.717, 1.165) is 4.57 Å². The van der Waals surface area contributed by atoms with E-state index in [1.165, 1.54) is 14.0 Å². The Morgan fingerprint density at radius 3 is 2.68 bits per heavy atom. The molecule has 0 aliphatic rings. The molecule has 2 aromatic rings. The lowest BCUT2D eigenvalue weighted by Gasteiger charge is -2.16. The van der Waals surface area contributed by atoms with Crippen LogP contribution in [-0.2, 0) is 11.3 Å². The second-order valence-electron chi connectivity index (χ2n) is 6.60. The highest BCUT2D eigenvalue weighted by molar-refractivity contribution is 6.11. The van der Waals surface area contributed by atoms with Crippen LogP contribution in [0.2, 0.25) is 0 Å². The largest absolute Gasteiger partial charge is 0.497 e. The van der Waals surface area contributed by atoms with Crippen LogP contribution in [0.25, 0.3) is 0 Å². The lowest BCUT2D eigenvalue weighted by atomic mass is 9.97. The number of aromatic nitrogens is 1. The number of ether oxygens (including phenoxy) is 2. The summed E-state index contributed by atoms with van der Waals surface area (Å²) in [6.45, 7) is 5.80. The molecule has 0 amide bonds. The third-order valence-electron chi connectivity index (χ3n) is 4.34. The molecule has 0 fully saturated rings. The van der Waals surface area contributed by atoms with E-state index in [0.29, 0.717) is 18.8 Å². The minimum Gasteiger partial charge on any atom is -0.497 e. The first-order valence-corrected chi connectivity index (χ1v) is 8.98. The maximum absolute atomic E-state index is 13.0. The molecule has 2 rings (SSSR count). The van der Waals surface area contributed by atoms with Gasteiger partial charge in [0.1, 0.15) is 17.4 Å². The molecule has 0 aliphatic heterocycles. The summed E-state index contributed by atoms with van der Waals surface area (Å²) in [6.07, 6.45) is 0.495. The van der Waals surface area contributed by atoms with Crippen LogP contribution in [0.1, 0.15) is 47.3 Å². The number of pyridine rings is 1. The highest BCUT2D eigenvalue weighted by atomic mass is 16.5. The maximum Gasteiger partial charge on any atom is 0.271 e. The summed E-state index contributed by atoms with van der Waals surface area (Å²) < 4.78 is 11.6. The van der Waals surface area contributed by atoms with Crippen LogP contribution in [-0.4, -0.2) is 35.3 Å². The van der Waals surface area contributed by atoms with Crippen molar-refractivity contribution in [1.29, 1.82) is 5.26 Å². The zero-order valence-corrected chi connectivity index (χ0v) is 16.5. The SMILES string of the molecule is COc1cccc(C(=O)c2c(C)c(C#N)c(=O)n(CCCOC(C)C)c2O)c1. The molecule has 1 aromatic carbocycles. The van der Waals surface area contributed by atoms with Crippen LogP contribution < -0.4 is 10.3 Å². The summed E-state index contributed by atoms with van der Waals surface area (Å²) in [5.74, 6) is -0.445. The van der Waals surface area contributed by atoms with Gasteiger partial charge in [0.25, 0.3) is 5.56 Å². The number of aromatic hydroxyl groups is 1. The van der Waals surface area contributed by atoms with Crippen molar-refractivity contribution in [3.05, 3.63) is 56.9 Å². The fraction of sp³-hybridized carbons (Fsp3) is 0.381. The van der Waals surface area contributed by atoms with Crippen LogP contribution in [0.4, 0.5) is 0 Å². The number of nitrogens with zero attached hydrogens (tertiary/aromatic N) is 2. The van der Waals surface area contributed by atoms with E-state index < -0.39 is 17.2 Å². The van der Waals surface area contributed by atoms with Crippen molar-refractivity contribution in [3.63, 3.8) is 0 Å². The van der Waals surface area contributed by atoms with Gasteiger partial charge in [-0.15, -0.1) is 0 Å². The van der Waals surface area contributed by atoms with E-state index in [1.54, 1.807) is 24.3 Å². The number of carbonyl (C=O) groups excluding carboxylic acids is 1. The molecular formula is C21H24N2O5. The molecule has 1 N–H and O–H groups in total. The van der Waals surface area contributed by atoms with E-state index in [2.05, 4.69) is 0 Å². The van der Waals surface area contributed by atoms with Crippen molar-refractivity contribution in [3.8, 4) is 17.7 Å². The monoisotopic (exact) mass is 384 g/mol. The van der Waals surface area contributed by atoms with Crippen molar-refractivity contribution in [2.45, 2.75) is 39.8 Å². The van der Waals surface area contributed by atoms with Gasteiger partial charge in [0.05, 0.1) is 18.8 Å². The molecule has 0 saturated carbocycles. The van der Waals surface area contributed by atoms with Gasteiger partial charge < -0.3 is 14.6 Å². The van der Waals surface area contributed by atoms with Gasteiger partial charge in [-0.1, -0.05) is 12.1 Å². The highest BCUT2D eigenvalue weighted by Crippen LogP contribution is 2.26. The van der Waals surface area contributed by atoms with Crippen LogP contribution in [0.5, 0.6) is 11.6 Å². The molecule has 0 atom stereocenters. The second kappa shape index (κ2) is 9.20. The maximum atomic E-state index is 13.0. The first-order chi connectivity index (χ1) is 13.3. The first-order valence-electron chi connectivity index (χ1n) is 8.98. The third-order valence-corrected chi connectivity index (χ3v) is 4.34. The number of nitriles is 1. The lowest BCUT2D eigenvalue weighted by Crippen LogP contribution is -2.27. The normalized spacial score (nSPS) is 10.7. The van der Waals surface area contributed by atoms with Crippen molar-refractivity contribution >= 4 is 5.78 Å². The van der Waals surface area contributed by atoms with E-state index in [4.69, 9.17) is 9.47 Å². The Hall–Kier alpha value is -3.11. The predicted molar refractivity (Wildman–Crippen MR) is 104 cm³/mol. The Morgan fingerprint density at radius 2 is 2.07 bits per heavy atom. The van der Waals surface area contributed by atoms with Crippen molar-refractivity contribution in [2.75, 3.05) is 13.7 Å². The third kappa shape index (κ3) is 4.41. The Labute approximate surface area is 163 Å². The van der Waals surface area contributed by atoms with Crippen molar-refractivity contribution in [1.82, 2.24) is 4.57 Å². The number of carbonyl (C=O) groups is 1. The van der Waals surface area contributed by atoms with Gasteiger partial charge in [-0.3, -0.25) is 14.2 Å². The van der Waals surface area contributed by atoms with Crippen molar-refractivity contribution in [2.24, 2.45) is 0 Å². The average molecular weight is 384 g/mol. The quantitative estimate of drug-likeness (QED) is 0.555. The molecular weight excluding hydrogens is 360 g/mol. The van der Waals surface area contributed by atoms with Crippen molar-refractivity contribution < 1.29 is 19.4 Å². The number of rotatable bonds is 8. The molecule has 1 heterocycles. The second-order valence-corrected chi connectivity index (χ2v) is 6.60. The Balaban J connectivity index is 2.51. The van der Waals surface area contributed by atoms with Crippen LogP contribution >= 0.6 is 0 Å². The average Bonchev–Trinajstić information content (AvgIpc) is 2.67. The van der Waals surface area contributed by atoms with E-state index in [1.807, 2.05) is 19.9 Å². The number of hydrogen-bond donors (Lipinski definition) is 1. The van der Waals surface area contributed by atoms with Gasteiger partial charge in [0, 0.05) is 18.7 Å². The Morgan fingerprint density at radius 1 is 1.36 bits per heavy atom. The van der Waals surface area contributed by atoms with E-state index in [9.17, 15) is 20.0 Å². The zero-order valence-electron chi connectivity index (χ0n) is 16.5. The number of hydrogen-bond acceptors (Lipinski definition) is 6. The van der Waals surface area contributed by atoms with Gasteiger partial charge in [0.15, 0.2) is 5.78 Å². The summed E-state index contributed by atoms with van der Waals surface area (Å²) in [7, 11) is 1.49. The molecule has 0 bridgehead atoms. The fourth-order valence-corrected chi connectivity index (χ4v) is 2.88. The number of ketones is 1. The van der Waals surface area contributed by atoms with Gasteiger partial charge in [-0.05, 0) is 44.9 Å². The summed E-state index contributed by atoms with van der Waals surface area (Å²) in [5.41, 5.74) is -0.394. The molecule has 28 heavy (non-hydrogen) atoms. The molecule has 0 radical (unpaired) electrons. The molecule has 0 unspecified atom stereocenters. The Bertz CT molecular complexity index is 970. The lowest BCUT2D eigenvalue weighted by molar-refractivity contribution is 0.0743.